The van der Waals surface area contributed by atoms with Gasteiger partial charge in [-0.1, -0.05) is 23.4 Å². The van der Waals surface area contributed by atoms with Gasteiger partial charge in [0.25, 0.3) is 0 Å². The second kappa shape index (κ2) is 6.43. The van der Waals surface area contributed by atoms with Crippen LogP contribution in [0, 0.1) is 0 Å². The summed E-state index contributed by atoms with van der Waals surface area (Å²) >= 11 is 7.29. The number of carbonyl (C=O) groups excluding carboxylic acids is 1. The van der Waals surface area contributed by atoms with Crippen molar-refractivity contribution < 1.29 is 4.79 Å². The Morgan fingerprint density at radius 3 is 2.58 bits per heavy atom. The Bertz CT molecular complexity index is 462. The van der Waals surface area contributed by atoms with E-state index >= 15 is 0 Å². The van der Waals surface area contributed by atoms with Crippen molar-refractivity contribution in [1.82, 2.24) is 15.3 Å². The van der Waals surface area contributed by atoms with Crippen molar-refractivity contribution in [1.29, 1.82) is 0 Å². The van der Waals surface area contributed by atoms with Gasteiger partial charge in [-0.2, -0.15) is 0 Å². The highest BCUT2D eigenvalue weighted by molar-refractivity contribution is 7.98. The molecule has 0 aliphatic heterocycles. The molecular formula is C12H19ClN4OS. The van der Waals surface area contributed by atoms with Crippen LogP contribution in [-0.4, -0.2) is 33.7 Å². The van der Waals surface area contributed by atoms with Crippen LogP contribution < -0.4 is 10.6 Å². The lowest BCUT2D eigenvalue weighted by Crippen LogP contribution is -2.47. The van der Waals surface area contributed by atoms with Crippen LogP contribution in [0.1, 0.15) is 27.7 Å². The Morgan fingerprint density at radius 2 is 2.05 bits per heavy atom. The topological polar surface area (TPSA) is 66.9 Å². The van der Waals surface area contributed by atoms with Crippen LogP contribution in [0.3, 0.4) is 0 Å². The molecule has 7 heteroatoms. The number of anilines is 1. The maximum absolute atomic E-state index is 11.9. The number of carbonyl (C=O) groups is 1. The van der Waals surface area contributed by atoms with Gasteiger partial charge in [-0.05, 0) is 34.0 Å². The van der Waals surface area contributed by atoms with E-state index in [1.165, 1.54) is 11.8 Å². The van der Waals surface area contributed by atoms with Gasteiger partial charge in [-0.3, -0.25) is 4.79 Å². The average molecular weight is 303 g/mol. The molecule has 0 saturated carbocycles. The number of amides is 1. The van der Waals surface area contributed by atoms with Crippen molar-refractivity contribution in [3.05, 3.63) is 11.2 Å². The summed E-state index contributed by atoms with van der Waals surface area (Å²) in [6, 6.07) is 1.20. The minimum Gasteiger partial charge on any atom is -0.358 e. The van der Waals surface area contributed by atoms with Crippen molar-refractivity contribution in [2.75, 3.05) is 11.6 Å². The molecular weight excluding hydrogens is 284 g/mol. The minimum absolute atomic E-state index is 0.0899. The summed E-state index contributed by atoms with van der Waals surface area (Å²) < 4.78 is 0. The molecule has 0 fully saturated rings. The Morgan fingerprint density at radius 1 is 1.42 bits per heavy atom. The van der Waals surface area contributed by atoms with E-state index in [0.29, 0.717) is 16.1 Å². The van der Waals surface area contributed by atoms with Gasteiger partial charge in [-0.15, -0.1) is 0 Å². The maximum atomic E-state index is 11.9. The highest BCUT2D eigenvalue weighted by atomic mass is 35.5. The zero-order chi connectivity index (χ0) is 14.6. The number of halogens is 1. The van der Waals surface area contributed by atoms with Gasteiger partial charge in [-0.25, -0.2) is 9.97 Å². The normalized spacial score (nSPS) is 12.9. The zero-order valence-corrected chi connectivity index (χ0v) is 13.3. The van der Waals surface area contributed by atoms with Gasteiger partial charge in [0.2, 0.25) is 5.91 Å². The van der Waals surface area contributed by atoms with E-state index in [1.54, 1.807) is 13.0 Å². The first-order chi connectivity index (χ1) is 8.71. The molecule has 0 aliphatic rings. The molecule has 0 bridgehead atoms. The molecule has 1 atom stereocenters. The Hall–Kier alpha value is -1.01. The fourth-order valence-corrected chi connectivity index (χ4v) is 1.94. The number of hydrogen-bond acceptors (Lipinski definition) is 5. The number of hydrogen-bond donors (Lipinski definition) is 2. The van der Waals surface area contributed by atoms with E-state index in [4.69, 9.17) is 11.6 Å². The van der Waals surface area contributed by atoms with Gasteiger partial charge in [0, 0.05) is 11.6 Å². The number of aromatic nitrogens is 2. The van der Waals surface area contributed by atoms with Crippen LogP contribution in [0.5, 0.6) is 0 Å². The number of nitrogens with zero attached hydrogens (tertiary/aromatic N) is 2. The van der Waals surface area contributed by atoms with E-state index in [0.717, 1.165) is 0 Å². The standard InChI is InChI=1S/C12H19ClN4OS/c1-7(10(18)17-12(2,3)4)14-9-6-8(13)15-11(16-9)19-5/h6-7H,1-5H3,(H,17,18)(H,14,15,16). The van der Waals surface area contributed by atoms with Gasteiger partial charge in [0.1, 0.15) is 17.0 Å². The molecule has 1 amide bonds. The second-order valence-corrected chi connectivity index (χ2v) is 6.33. The summed E-state index contributed by atoms with van der Waals surface area (Å²) in [6.45, 7) is 7.58. The zero-order valence-electron chi connectivity index (χ0n) is 11.7. The van der Waals surface area contributed by atoms with Gasteiger partial charge < -0.3 is 10.6 Å². The Balaban J connectivity index is 2.74. The van der Waals surface area contributed by atoms with Crippen LogP contribution in [-0.2, 0) is 4.79 Å². The van der Waals surface area contributed by atoms with Crippen LogP contribution >= 0.6 is 23.4 Å². The SMILES string of the molecule is CSc1nc(Cl)cc(NC(C)C(=O)NC(C)(C)C)n1. The number of thioether (sulfide) groups is 1. The van der Waals surface area contributed by atoms with Crippen LogP contribution in [0.25, 0.3) is 0 Å². The van der Waals surface area contributed by atoms with Crippen molar-refractivity contribution >= 4 is 35.1 Å². The first kappa shape index (κ1) is 16.0. The molecule has 0 aromatic carbocycles. The fourth-order valence-electron chi connectivity index (χ4n) is 1.33. The average Bonchev–Trinajstić information content (AvgIpc) is 2.25. The summed E-state index contributed by atoms with van der Waals surface area (Å²) in [5.74, 6) is 0.453. The summed E-state index contributed by atoms with van der Waals surface area (Å²) in [4.78, 5) is 20.2. The van der Waals surface area contributed by atoms with Crippen molar-refractivity contribution in [2.45, 2.75) is 44.4 Å². The molecule has 1 unspecified atom stereocenters. The molecule has 0 spiro atoms. The van der Waals surface area contributed by atoms with E-state index in [2.05, 4.69) is 20.6 Å². The van der Waals surface area contributed by atoms with E-state index < -0.39 is 6.04 Å². The Kier molecular flexibility index (Phi) is 5.43. The predicted octanol–water partition coefficient (Wildman–Crippen LogP) is 2.57. The molecule has 0 radical (unpaired) electrons. The van der Waals surface area contributed by atoms with Crippen molar-refractivity contribution in [3.8, 4) is 0 Å². The molecule has 1 aromatic heterocycles. The minimum atomic E-state index is -0.403. The largest absolute Gasteiger partial charge is 0.358 e. The van der Waals surface area contributed by atoms with E-state index in [9.17, 15) is 4.79 Å². The molecule has 0 saturated heterocycles. The summed E-state index contributed by atoms with van der Waals surface area (Å²) in [5, 5.41) is 6.84. The summed E-state index contributed by atoms with van der Waals surface area (Å²) in [6.07, 6.45) is 1.87. The fraction of sp³-hybridized carbons (Fsp3) is 0.583. The molecule has 19 heavy (non-hydrogen) atoms. The monoisotopic (exact) mass is 302 g/mol. The van der Waals surface area contributed by atoms with E-state index in [-0.39, 0.29) is 11.4 Å². The second-order valence-electron chi connectivity index (χ2n) is 5.17. The third kappa shape index (κ3) is 5.65. The number of rotatable bonds is 4. The molecule has 5 nitrogen and oxygen atoms in total. The molecule has 1 rings (SSSR count). The van der Waals surface area contributed by atoms with Gasteiger partial charge in [0.05, 0.1) is 0 Å². The van der Waals surface area contributed by atoms with E-state index in [1.807, 2.05) is 27.0 Å². The lowest BCUT2D eigenvalue weighted by Gasteiger charge is -2.24. The first-order valence-corrected chi connectivity index (χ1v) is 7.48. The predicted molar refractivity (Wildman–Crippen MR) is 79.8 cm³/mol. The first-order valence-electron chi connectivity index (χ1n) is 5.88. The summed E-state index contributed by atoms with van der Waals surface area (Å²) in [5.41, 5.74) is -0.263. The third-order valence-electron chi connectivity index (χ3n) is 2.11. The van der Waals surface area contributed by atoms with Gasteiger partial charge >= 0.3 is 0 Å². The quantitative estimate of drug-likeness (QED) is 0.508. The van der Waals surface area contributed by atoms with Gasteiger partial charge in [0.15, 0.2) is 5.16 Å². The smallest absolute Gasteiger partial charge is 0.242 e. The molecule has 106 valence electrons. The Labute approximate surface area is 122 Å². The lowest BCUT2D eigenvalue weighted by molar-refractivity contribution is -0.122. The molecule has 1 aromatic rings. The maximum Gasteiger partial charge on any atom is 0.242 e. The summed E-state index contributed by atoms with van der Waals surface area (Å²) in [7, 11) is 0. The molecule has 2 N–H and O–H groups in total. The van der Waals surface area contributed by atoms with Crippen molar-refractivity contribution in [2.24, 2.45) is 0 Å². The molecule has 1 heterocycles. The molecule has 0 aliphatic carbocycles. The van der Waals surface area contributed by atoms with Crippen LogP contribution in [0.2, 0.25) is 5.15 Å². The highest BCUT2D eigenvalue weighted by Gasteiger charge is 2.19. The third-order valence-corrected chi connectivity index (χ3v) is 2.85. The lowest BCUT2D eigenvalue weighted by atomic mass is 10.1. The van der Waals surface area contributed by atoms with Crippen molar-refractivity contribution in [3.63, 3.8) is 0 Å². The highest BCUT2D eigenvalue weighted by Crippen LogP contribution is 2.17. The number of nitrogens with one attached hydrogen (secondary N) is 2. The van der Waals surface area contributed by atoms with Crippen LogP contribution in [0.4, 0.5) is 5.82 Å². The van der Waals surface area contributed by atoms with Crippen LogP contribution in [0.15, 0.2) is 11.2 Å².